The standard InChI is InChI=1S/C18H26N2O3.ClH/c1-2-12-23-16-7-5-14(6-8-16)17(21)9-10-18(22)20-15-4-3-11-19-13-15;/h5-8,15,19H,2-4,9-13H2,1H3,(H,20,22);1H. The molecule has 1 heterocycles. The molecule has 0 saturated carbocycles. The predicted octanol–water partition coefficient (Wildman–Crippen LogP) is 2.73. The minimum Gasteiger partial charge on any atom is -0.494 e. The van der Waals surface area contributed by atoms with Crippen molar-refractivity contribution in [3.05, 3.63) is 29.8 Å². The molecular formula is C18H27ClN2O3. The van der Waals surface area contributed by atoms with Crippen LogP contribution in [0.1, 0.15) is 49.4 Å². The fourth-order valence-electron chi connectivity index (χ4n) is 2.60. The molecule has 24 heavy (non-hydrogen) atoms. The summed E-state index contributed by atoms with van der Waals surface area (Å²) in [4.78, 5) is 24.0. The minimum absolute atomic E-state index is 0. The van der Waals surface area contributed by atoms with Crippen LogP contribution in [-0.2, 0) is 4.79 Å². The van der Waals surface area contributed by atoms with Crippen molar-refractivity contribution in [2.75, 3.05) is 19.7 Å². The third kappa shape index (κ3) is 6.89. The molecule has 0 bridgehead atoms. The molecule has 1 fully saturated rings. The van der Waals surface area contributed by atoms with Gasteiger partial charge < -0.3 is 15.4 Å². The van der Waals surface area contributed by atoms with Gasteiger partial charge in [-0.15, -0.1) is 12.4 Å². The van der Waals surface area contributed by atoms with Gasteiger partial charge in [0.05, 0.1) is 6.61 Å². The Balaban J connectivity index is 0.00000288. The molecule has 1 saturated heterocycles. The Labute approximate surface area is 149 Å². The summed E-state index contributed by atoms with van der Waals surface area (Å²) in [5, 5.41) is 6.24. The fraction of sp³-hybridized carbons (Fsp3) is 0.556. The molecule has 5 nitrogen and oxygen atoms in total. The van der Waals surface area contributed by atoms with Crippen LogP contribution in [0.25, 0.3) is 0 Å². The number of amides is 1. The Hall–Kier alpha value is -1.59. The highest BCUT2D eigenvalue weighted by Crippen LogP contribution is 2.14. The van der Waals surface area contributed by atoms with Gasteiger partial charge in [0.1, 0.15) is 5.75 Å². The van der Waals surface area contributed by atoms with Gasteiger partial charge in [-0.2, -0.15) is 0 Å². The Kier molecular flexibility index (Phi) is 9.42. The van der Waals surface area contributed by atoms with Crippen LogP contribution in [-0.4, -0.2) is 37.4 Å². The molecule has 1 amide bonds. The third-order valence-electron chi connectivity index (χ3n) is 3.89. The number of halogens is 1. The van der Waals surface area contributed by atoms with Gasteiger partial charge in [0.15, 0.2) is 5.78 Å². The van der Waals surface area contributed by atoms with Gasteiger partial charge >= 0.3 is 0 Å². The van der Waals surface area contributed by atoms with E-state index < -0.39 is 0 Å². The second-order valence-electron chi connectivity index (χ2n) is 5.91. The SMILES string of the molecule is CCCOc1ccc(C(=O)CCC(=O)NC2CCCNC2)cc1.Cl. The molecule has 0 radical (unpaired) electrons. The maximum absolute atomic E-state index is 12.1. The lowest BCUT2D eigenvalue weighted by Gasteiger charge is -2.23. The van der Waals surface area contributed by atoms with E-state index in [1.807, 2.05) is 6.92 Å². The summed E-state index contributed by atoms with van der Waals surface area (Å²) in [5.41, 5.74) is 0.626. The van der Waals surface area contributed by atoms with E-state index in [9.17, 15) is 9.59 Å². The first-order valence-corrected chi connectivity index (χ1v) is 8.45. The van der Waals surface area contributed by atoms with Gasteiger partial charge in [-0.25, -0.2) is 0 Å². The van der Waals surface area contributed by atoms with Gasteiger partial charge in [0, 0.05) is 31.0 Å². The molecule has 1 aliphatic heterocycles. The summed E-state index contributed by atoms with van der Waals surface area (Å²) in [6.45, 7) is 4.55. The number of nitrogens with one attached hydrogen (secondary N) is 2. The minimum atomic E-state index is -0.0463. The summed E-state index contributed by atoms with van der Waals surface area (Å²) in [7, 11) is 0. The Bertz CT molecular complexity index is 514. The van der Waals surface area contributed by atoms with Crippen LogP contribution in [0.5, 0.6) is 5.75 Å². The maximum atomic E-state index is 12.1. The van der Waals surface area contributed by atoms with Crippen molar-refractivity contribution < 1.29 is 14.3 Å². The van der Waals surface area contributed by atoms with Crippen molar-refractivity contribution in [1.82, 2.24) is 10.6 Å². The van der Waals surface area contributed by atoms with Crippen LogP contribution >= 0.6 is 12.4 Å². The van der Waals surface area contributed by atoms with Crippen molar-refractivity contribution in [3.63, 3.8) is 0 Å². The van der Waals surface area contributed by atoms with E-state index in [1.165, 1.54) is 0 Å². The molecular weight excluding hydrogens is 328 g/mol. The average molecular weight is 355 g/mol. The van der Waals surface area contributed by atoms with Crippen molar-refractivity contribution in [1.29, 1.82) is 0 Å². The van der Waals surface area contributed by atoms with Crippen LogP contribution in [0.3, 0.4) is 0 Å². The van der Waals surface area contributed by atoms with E-state index in [-0.39, 0.29) is 43.0 Å². The van der Waals surface area contributed by atoms with Crippen LogP contribution in [0.2, 0.25) is 0 Å². The summed E-state index contributed by atoms with van der Waals surface area (Å²) in [6.07, 6.45) is 3.51. The quantitative estimate of drug-likeness (QED) is 0.704. The molecule has 0 spiro atoms. The topological polar surface area (TPSA) is 67.4 Å². The first-order chi connectivity index (χ1) is 11.2. The Morgan fingerprint density at radius 3 is 2.62 bits per heavy atom. The molecule has 6 heteroatoms. The Morgan fingerprint density at radius 2 is 2.00 bits per heavy atom. The van der Waals surface area contributed by atoms with Crippen LogP contribution in [0.4, 0.5) is 0 Å². The molecule has 1 aromatic rings. The van der Waals surface area contributed by atoms with Gasteiger partial charge in [0.2, 0.25) is 5.91 Å². The molecule has 134 valence electrons. The number of rotatable bonds is 8. The van der Waals surface area contributed by atoms with E-state index in [1.54, 1.807) is 24.3 Å². The zero-order chi connectivity index (χ0) is 16.5. The number of ketones is 1. The first-order valence-electron chi connectivity index (χ1n) is 8.45. The third-order valence-corrected chi connectivity index (χ3v) is 3.89. The molecule has 1 atom stereocenters. The van der Waals surface area contributed by atoms with Crippen molar-refractivity contribution in [3.8, 4) is 5.75 Å². The number of benzene rings is 1. The van der Waals surface area contributed by atoms with Crippen LogP contribution < -0.4 is 15.4 Å². The summed E-state index contributed by atoms with van der Waals surface area (Å²) < 4.78 is 5.49. The lowest BCUT2D eigenvalue weighted by atomic mass is 10.0. The number of hydrogen-bond donors (Lipinski definition) is 2. The molecule has 1 unspecified atom stereocenters. The van der Waals surface area contributed by atoms with E-state index >= 15 is 0 Å². The van der Waals surface area contributed by atoms with E-state index in [2.05, 4.69) is 10.6 Å². The maximum Gasteiger partial charge on any atom is 0.220 e. The van der Waals surface area contributed by atoms with Gasteiger partial charge in [-0.1, -0.05) is 6.92 Å². The lowest BCUT2D eigenvalue weighted by molar-refractivity contribution is -0.121. The predicted molar refractivity (Wildman–Crippen MR) is 97.1 cm³/mol. The zero-order valence-corrected chi connectivity index (χ0v) is 15.0. The highest BCUT2D eigenvalue weighted by molar-refractivity contribution is 5.98. The molecule has 1 aliphatic rings. The van der Waals surface area contributed by atoms with Crippen molar-refractivity contribution in [2.45, 2.75) is 45.1 Å². The van der Waals surface area contributed by atoms with Crippen LogP contribution in [0, 0.1) is 0 Å². The number of piperidine rings is 1. The van der Waals surface area contributed by atoms with Gasteiger partial charge in [0.25, 0.3) is 0 Å². The molecule has 2 N–H and O–H groups in total. The Morgan fingerprint density at radius 1 is 1.25 bits per heavy atom. The fourth-order valence-corrected chi connectivity index (χ4v) is 2.60. The largest absolute Gasteiger partial charge is 0.494 e. The van der Waals surface area contributed by atoms with E-state index in [4.69, 9.17) is 4.74 Å². The van der Waals surface area contributed by atoms with Crippen LogP contribution in [0.15, 0.2) is 24.3 Å². The van der Waals surface area contributed by atoms with Gasteiger partial charge in [-0.05, 0) is 50.1 Å². The monoisotopic (exact) mass is 354 g/mol. The average Bonchev–Trinajstić information content (AvgIpc) is 2.59. The second-order valence-corrected chi connectivity index (χ2v) is 5.91. The molecule has 0 aromatic heterocycles. The summed E-state index contributed by atoms with van der Waals surface area (Å²) in [5.74, 6) is 0.713. The number of ether oxygens (including phenoxy) is 1. The van der Waals surface area contributed by atoms with E-state index in [0.717, 1.165) is 38.1 Å². The molecule has 1 aromatic carbocycles. The number of Topliss-reactive ketones (excluding diaryl/α,β-unsaturated/α-hetero) is 1. The number of hydrogen-bond acceptors (Lipinski definition) is 4. The zero-order valence-electron chi connectivity index (χ0n) is 14.2. The lowest BCUT2D eigenvalue weighted by Crippen LogP contribution is -2.45. The highest BCUT2D eigenvalue weighted by atomic mass is 35.5. The summed E-state index contributed by atoms with van der Waals surface area (Å²) in [6, 6.07) is 7.32. The van der Waals surface area contributed by atoms with Crippen molar-refractivity contribution >= 4 is 24.1 Å². The smallest absolute Gasteiger partial charge is 0.220 e. The van der Waals surface area contributed by atoms with Crippen molar-refractivity contribution in [2.24, 2.45) is 0 Å². The number of carbonyl (C=O) groups excluding carboxylic acids is 2. The molecule has 0 aliphatic carbocycles. The normalized spacial score (nSPS) is 16.8. The second kappa shape index (κ2) is 11.0. The highest BCUT2D eigenvalue weighted by Gasteiger charge is 2.16. The summed E-state index contributed by atoms with van der Waals surface area (Å²) >= 11 is 0. The molecule has 2 rings (SSSR count). The number of carbonyl (C=O) groups is 2. The van der Waals surface area contributed by atoms with Gasteiger partial charge in [-0.3, -0.25) is 9.59 Å². The van der Waals surface area contributed by atoms with E-state index in [0.29, 0.717) is 12.2 Å². The first kappa shape index (κ1) is 20.5.